The SMILES string of the molecule is CCCCCCCOc1ccc(C)c(F)c1. The Morgan fingerprint density at radius 2 is 1.88 bits per heavy atom. The molecule has 0 aromatic heterocycles. The van der Waals surface area contributed by atoms with Crippen LogP contribution in [0.25, 0.3) is 0 Å². The molecular formula is C14H21FO. The summed E-state index contributed by atoms with van der Waals surface area (Å²) in [5.74, 6) is 0.446. The van der Waals surface area contributed by atoms with Gasteiger partial charge in [0.1, 0.15) is 11.6 Å². The molecule has 0 heterocycles. The average Bonchev–Trinajstić information content (AvgIpc) is 2.28. The van der Waals surface area contributed by atoms with Gasteiger partial charge in [-0.05, 0) is 25.0 Å². The predicted octanol–water partition coefficient (Wildman–Crippen LogP) is 4.48. The van der Waals surface area contributed by atoms with Crippen molar-refractivity contribution >= 4 is 0 Å². The maximum atomic E-state index is 13.2. The van der Waals surface area contributed by atoms with Crippen molar-refractivity contribution in [2.75, 3.05) is 6.61 Å². The zero-order valence-electron chi connectivity index (χ0n) is 10.3. The number of ether oxygens (including phenoxy) is 1. The lowest BCUT2D eigenvalue weighted by atomic mass is 10.2. The normalized spacial score (nSPS) is 10.4. The van der Waals surface area contributed by atoms with Gasteiger partial charge in [-0.2, -0.15) is 0 Å². The van der Waals surface area contributed by atoms with Crippen molar-refractivity contribution < 1.29 is 9.13 Å². The highest BCUT2D eigenvalue weighted by Gasteiger charge is 1.99. The lowest BCUT2D eigenvalue weighted by Gasteiger charge is -2.06. The van der Waals surface area contributed by atoms with Gasteiger partial charge < -0.3 is 4.74 Å². The van der Waals surface area contributed by atoms with Crippen LogP contribution in [0.4, 0.5) is 4.39 Å². The topological polar surface area (TPSA) is 9.23 Å². The van der Waals surface area contributed by atoms with Gasteiger partial charge in [-0.1, -0.05) is 38.7 Å². The van der Waals surface area contributed by atoms with Crippen LogP contribution in [-0.4, -0.2) is 6.61 Å². The standard InChI is InChI=1S/C14H21FO/c1-3-4-5-6-7-10-16-13-9-8-12(2)14(15)11-13/h8-9,11H,3-7,10H2,1-2H3. The monoisotopic (exact) mass is 224 g/mol. The van der Waals surface area contributed by atoms with Gasteiger partial charge in [0.2, 0.25) is 0 Å². The van der Waals surface area contributed by atoms with E-state index in [2.05, 4.69) is 6.92 Å². The van der Waals surface area contributed by atoms with E-state index >= 15 is 0 Å². The molecule has 0 saturated carbocycles. The molecule has 0 radical (unpaired) electrons. The molecule has 0 bridgehead atoms. The maximum absolute atomic E-state index is 13.2. The van der Waals surface area contributed by atoms with Crippen molar-refractivity contribution in [2.45, 2.75) is 46.0 Å². The minimum Gasteiger partial charge on any atom is -0.493 e. The number of unbranched alkanes of at least 4 members (excludes halogenated alkanes) is 4. The van der Waals surface area contributed by atoms with Crippen LogP contribution >= 0.6 is 0 Å². The molecule has 90 valence electrons. The van der Waals surface area contributed by atoms with Crippen molar-refractivity contribution in [3.05, 3.63) is 29.6 Å². The molecule has 0 atom stereocenters. The smallest absolute Gasteiger partial charge is 0.129 e. The van der Waals surface area contributed by atoms with Crippen LogP contribution in [0.1, 0.15) is 44.6 Å². The number of rotatable bonds is 7. The van der Waals surface area contributed by atoms with Crippen molar-refractivity contribution in [3.63, 3.8) is 0 Å². The van der Waals surface area contributed by atoms with E-state index in [0.717, 1.165) is 6.42 Å². The third kappa shape index (κ3) is 4.65. The molecule has 1 aromatic carbocycles. The van der Waals surface area contributed by atoms with Gasteiger partial charge in [0.15, 0.2) is 0 Å². The maximum Gasteiger partial charge on any atom is 0.129 e. The van der Waals surface area contributed by atoms with Crippen LogP contribution in [0, 0.1) is 12.7 Å². The molecule has 0 aliphatic carbocycles. The van der Waals surface area contributed by atoms with Crippen LogP contribution in [0.2, 0.25) is 0 Å². The Bertz CT molecular complexity index is 310. The molecule has 0 saturated heterocycles. The Balaban J connectivity index is 2.19. The molecule has 0 unspecified atom stereocenters. The summed E-state index contributed by atoms with van der Waals surface area (Å²) in [6.07, 6.45) is 6.06. The van der Waals surface area contributed by atoms with Gasteiger partial charge in [-0.25, -0.2) is 4.39 Å². The predicted molar refractivity (Wildman–Crippen MR) is 65.4 cm³/mol. The average molecular weight is 224 g/mol. The highest BCUT2D eigenvalue weighted by Crippen LogP contribution is 2.16. The second-order valence-corrected chi connectivity index (χ2v) is 4.17. The fourth-order valence-electron chi connectivity index (χ4n) is 1.56. The Morgan fingerprint density at radius 3 is 2.56 bits per heavy atom. The highest BCUT2D eigenvalue weighted by atomic mass is 19.1. The zero-order valence-corrected chi connectivity index (χ0v) is 10.3. The number of hydrogen-bond acceptors (Lipinski definition) is 1. The molecule has 1 rings (SSSR count). The van der Waals surface area contributed by atoms with E-state index in [1.165, 1.54) is 31.7 Å². The summed E-state index contributed by atoms with van der Waals surface area (Å²) >= 11 is 0. The molecule has 2 heteroatoms. The van der Waals surface area contributed by atoms with E-state index < -0.39 is 0 Å². The van der Waals surface area contributed by atoms with Crippen LogP contribution in [0.15, 0.2) is 18.2 Å². The van der Waals surface area contributed by atoms with Crippen LogP contribution in [0.5, 0.6) is 5.75 Å². The molecule has 0 amide bonds. The highest BCUT2D eigenvalue weighted by molar-refractivity contribution is 5.27. The van der Waals surface area contributed by atoms with Gasteiger partial charge in [-0.3, -0.25) is 0 Å². The van der Waals surface area contributed by atoms with Gasteiger partial charge in [-0.15, -0.1) is 0 Å². The van der Waals surface area contributed by atoms with Crippen molar-refractivity contribution in [1.29, 1.82) is 0 Å². The Kier molecular flexibility index (Phi) is 5.91. The van der Waals surface area contributed by atoms with Gasteiger partial charge in [0.05, 0.1) is 6.61 Å². The number of benzene rings is 1. The van der Waals surface area contributed by atoms with Crippen LogP contribution in [-0.2, 0) is 0 Å². The van der Waals surface area contributed by atoms with E-state index in [4.69, 9.17) is 4.74 Å². The van der Waals surface area contributed by atoms with Crippen molar-refractivity contribution in [1.82, 2.24) is 0 Å². The summed E-state index contributed by atoms with van der Waals surface area (Å²) in [4.78, 5) is 0. The molecular weight excluding hydrogens is 203 g/mol. The molecule has 0 aliphatic heterocycles. The molecule has 0 spiro atoms. The molecule has 0 fully saturated rings. The number of hydrogen-bond donors (Lipinski definition) is 0. The second kappa shape index (κ2) is 7.26. The molecule has 1 nitrogen and oxygen atoms in total. The molecule has 0 aliphatic rings. The van der Waals surface area contributed by atoms with E-state index in [-0.39, 0.29) is 5.82 Å². The summed E-state index contributed by atoms with van der Waals surface area (Å²) in [5, 5.41) is 0. The molecule has 0 N–H and O–H groups in total. The fraction of sp³-hybridized carbons (Fsp3) is 0.571. The first kappa shape index (κ1) is 13.0. The number of halogens is 1. The first-order valence-electron chi connectivity index (χ1n) is 6.13. The third-order valence-corrected chi connectivity index (χ3v) is 2.66. The largest absolute Gasteiger partial charge is 0.493 e. The summed E-state index contributed by atoms with van der Waals surface area (Å²) in [7, 11) is 0. The zero-order chi connectivity index (χ0) is 11.8. The van der Waals surface area contributed by atoms with E-state index in [1.807, 2.05) is 6.07 Å². The quantitative estimate of drug-likeness (QED) is 0.620. The van der Waals surface area contributed by atoms with E-state index in [9.17, 15) is 4.39 Å². The second-order valence-electron chi connectivity index (χ2n) is 4.17. The van der Waals surface area contributed by atoms with E-state index in [1.54, 1.807) is 13.0 Å². The van der Waals surface area contributed by atoms with Crippen LogP contribution < -0.4 is 4.74 Å². The Labute approximate surface area is 97.6 Å². The first-order valence-corrected chi connectivity index (χ1v) is 6.13. The third-order valence-electron chi connectivity index (χ3n) is 2.66. The first-order chi connectivity index (χ1) is 7.74. The summed E-state index contributed by atoms with van der Waals surface area (Å²) in [6, 6.07) is 5.04. The summed E-state index contributed by atoms with van der Waals surface area (Å²) in [6.45, 7) is 4.64. The molecule has 1 aromatic rings. The minimum atomic E-state index is -0.191. The number of aryl methyl sites for hydroxylation is 1. The van der Waals surface area contributed by atoms with Crippen molar-refractivity contribution in [3.8, 4) is 5.75 Å². The van der Waals surface area contributed by atoms with Gasteiger partial charge in [0.25, 0.3) is 0 Å². The van der Waals surface area contributed by atoms with E-state index in [0.29, 0.717) is 17.9 Å². The molecule has 16 heavy (non-hydrogen) atoms. The van der Waals surface area contributed by atoms with Crippen LogP contribution in [0.3, 0.4) is 0 Å². The lowest BCUT2D eigenvalue weighted by molar-refractivity contribution is 0.303. The van der Waals surface area contributed by atoms with Gasteiger partial charge in [0, 0.05) is 6.07 Å². The minimum absolute atomic E-state index is 0.191. The van der Waals surface area contributed by atoms with Crippen molar-refractivity contribution in [2.24, 2.45) is 0 Å². The van der Waals surface area contributed by atoms with Gasteiger partial charge >= 0.3 is 0 Å². The summed E-state index contributed by atoms with van der Waals surface area (Å²) in [5.41, 5.74) is 0.662. The fourth-order valence-corrected chi connectivity index (χ4v) is 1.56. The Hall–Kier alpha value is -1.05. The Morgan fingerprint density at radius 1 is 1.12 bits per heavy atom. The summed E-state index contributed by atoms with van der Waals surface area (Å²) < 4.78 is 18.7. The lowest BCUT2D eigenvalue weighted by Crippen LogP contribution is -1.98.